The van der Waals surface area contributed by atoms with Crippen LogP contribution in [0.1, 0.15) is 12.8 Å². The van der Waals surface area contributed by atoms with Gasteiger partial charge in [-0.2, -0.15) is 0 Å². The maximum Gasteiger partial charge on any atom is 1.00 e. The Balaban J connectivity index is -0.0000000847. The number of carboxylic acids is 6. The molecule has 0 rings (SSSR count). The van der Waals surface area contributed by atoms with E-state index in [9.17, 15) is 49.2 Å². The summed E-state index contributed by atoms with van der Waals surface area (Å²) < 4.78 is 8.39. The second-order valence-corrected chi connectivity index (χ2v) is 4.18. The minimum atomic E-state index is -1.79. The SMILES string of the molecule is O=C([O-])CC(OCC(=O)O)C(=O)[O-].O=C([O-])CC(OCC(=O)O)C(=O)[O-].[Na+].[Na+].[Na+].[Na+]. The van der Waals surface area contributed by atoms with Crippen LogP contribution in [0.2, 0.25) is 0 Å². The molecule has 18 heteroatoms. The quantitative estimate of drug-likeness (QED) is 0.250. The van der Waals surface area contributed by atoms with Gasteiger partial charge in [0.1, 0.15) is 25.4 Å². The first-order valence-electron chi connectivity index (χ1n) is 6.35. The Hall–Kier alpha value is 0.740. The molecule has 2 atom stereocenters. The fraction of sp³-hybridized carbons (Fsp3) is 0.500. The number of aliphatic carboxylic acids is 6. The number of rotatable bonds is 12. The van der Waals surface area contributed by atoms with Crippen molar-refractivity contribution in [1.82, 2.24) is 0 Å². The molecule has 0 aliphatic rings. The minimum absolute atomic E-state index is 0. The molecule has 0 spiro atoms. The van der Waals surface area contributed by atoms with Crippen molar-refractivity contribution in [1.29, 1.82) is 0 Å². The van der Waals surface area contributed by atoms with Gasteiger partial charge in [-0.3, -0.25) is 0 Å². The van der Waals surface area contributed by atoms with E-state index in [1.165, 1.54) is 0 Å². The summed E-state index contributed by atoms with van der Waals surface area (Å²) in [6.45, 7) is -1.79. The molecular weight excluding hydrogens is 460 g/mol. The molecule has 0 fully saturated rings. The number of hydrogen-bond acceptors (Lipinski definition) is 12. The fourth-order valence-electron chi connectivity index (χ4n) is 1.07. The zero-order chi connectivity index (χ0) is 20.9. The van der Waals surface area contributed by atoms with Crippen LogP contribution < -0.4 is 139 Å². The Morgan fingerprint density at radius 1 is 0.600 bits per heavy atom. The molecule has 0 heterocycles. The maximum absolute atomic E-state index is 10.1. The van der Waals surface area contributed by atoms with E-state index in [-0.39, 0.29) is 118 Å². The van der Waals surface area contributed by atoms with Gasteiger partial charge < -0.3 is 59.3 Å². The zero-order valence-electron chi connectivity index (χ0n) is 16.8. The summed E-state index contributed by atoms with van der Waals surface area (Å²) in [5, 5.41) is 56.3. The molecule has 0 aromatic carbocycles. The molecule has 0 bridgehead atoms. The van der Waals surface area contributed by atoms with E-state index in [1.54, 1.807) is 0 Å². The molecule has 2 unspecified atom stereocenters. The molecular formula is C12H12Na4O14. The van der Waals surface area contributed by atoms with Gasteiger partial charge in [0.25, 0.3) is 0 Å². The molecule has 14 nitrogen and oxygen atoms in total. The van der Waals surface area contributed by atoms with E-state index in [1.807, 2.05) is 0 Å². The number of carboxylic acid groups (broad SMARTS) is 6. The van der Waals surface area contributed by atoms with Crippen molar-refractivity contribution < 1.29 is 187 Å². The summed E-state index contributed by atoms with van der Waals surface area (Å²) in [5.74, 6) is -9.68. The van der Waals surface area contributed by atoms with Gasteiger partial charge in [-0.1, -0.05) is 0 Å². The molecule has 0 aliphatic heterocycles. The molecule has 0 radical (unpaired) electrons. The average molecular weight is 472 g/mol. The molecule has 0 aliphatic carbocycles. The fourth-order valence-corrected chi connectivity index (χ4v) is 1.07. The van der Waals surface area contributed by atoms with E-state index in [0.717, 1.165) is 0 Å². The van der Waals surface area contributed by atoms with Crippen LogP contribution in [0.3, 0.4) is 0 Å². The smallest absolute Gasteiger partial charge is 0.550 e. The topological polar surface area (TPSA) is 254 Å². The van der Waals surface area contributed by atoms with Gasteiger partial charge in [-0.15, -0.1) is 0 Å². The predicted molar refractivity (Wildman–Crippen MR) is 64.0 cm³/mol. The number of carbonyl (C=O) groups is 6. The van der Waals surface area contributed by atoms with Crippen LogP contribution in [0.15, 0.2) is 0 Å². The third-order valence-electron chi connectivity index (χ3n) is 2.05. The van der Waals surface area contributed by atoms with Gasteiger partial charge in [0, 0.05) is 24.8 Å². The van der Waals surface area contributed by atoms with Crippen LogP contribution in [0.4, 0.5) is 0 Å². The van der Waals surface area contributed by atoms with Gasteiger partial charge in [0.2, 0.25) is 0 Å². The van der Waals surface area contributed by atoms with Crippen molar-refractivity contribution in [3.63, 3.8) is 0 Å². The maximum atomic E-state index is 10.1. The Kier molecular flexibility index (Phi) is 38.5. The first-order valence-corrected chi connectivity index (χ1v) is 6.35. The Bertz CT molecular complexity index is 507. The van der Waals surface area contributed by atoms with E-state index in [2.05, 4.69) is 9.47 Å². The van der Waals surface area contributed by atoms with Gasteiger partial charge in [-0.25, -0.2) is 9.59 Å². The van der Waals surface area contributed by atoms with Crippen molar-refractivity contribution in [2.45, 2.75) is 25.0 Å². The van der Waals surface area contributed by atoms with Crippen LogP contribution in [-0.4, -0.2) is 71.5 Å². The van der Waals surface area contributed by atoms with Crippen molar-refractivity contribution in [3.05, 3.63) is 0 Å². The van der Waals surface area contributed by atoms with Crippen LogP contribution in [-0.2, 0) is 38.2 Å². The second kappa shape index (κ2) is 26.0. The molecule has 30 heavy (non-hydrogen) atoms. The molecule has 0 saturated carbocycles. The Morgan fingerprint density at radius 2 is 0.833 bits per heavy atom. The predicted octanol–water partition coefficient (Wildman–Crippen LogP) is -19.3. The van der Waals surface area contributed by atoms with Crippen molar-refractivity contribution >= 4 is 35.8 Å². The summed E-state index contributed by atoms with van der Waals surface area (Å²) in [7, 11) is 0. The monoisotopic (exact) mass is 472 g/mol. The van der Waals surface area contributed by atoms with Crippen LogP contribution in [0, 0.1) is 0 Å². The number of ether oxygens (including phenoxy) is 2. The van der Waals surface area contributed by atoms with Crippen molar-refractivity contribution in [3.8, 4) is 0 Å². The first kappa shape index (κ1) is 44.4. The molecule has 0 saturated heterocycles. The molecule has 0 aromatic heterocycles. The molecule has 0 amide bonds. The Labute approximate surface area is 257 Å². The van der Waals surface area contributed by atoms with E-state index in [4.69, 9.17) is 10.2 Å². The normalized spacial score (nSPS) is 10.4. The summed E-state index contributed by atoms with van der Waals surface area (Å²) in [4.78, 5) is 59.9. The van der Waals surface area contributed by atoms with Crippen molar-refractivity contribution in [2.75, 3.05) is 13.2 Å². The second-order valence-electron chi connectivity index (χ2n) is 4.18. The average Bonchev–Trinajstić information content (AvgIpc) is 2.46. The van der Waals surface area contributed by atoms with Crippen LogP contribution in [0.5, 0.6) is 0 Å². The summed E-state index contributed by atoms with van der Waals surface area (Å²) in [6, 6.07) is 0. The first-order chi connectivity index (χ1) is 11.9. The van der Waals surface area contributed by atoms with Crippen molar-refractivity contribution in [2.24, 2.45) is 0 Å². The van der Waals surface area contributed by atoms with E-state index >= 15 is 0 Å². The summed E-state index contributed by atoms with van der Waals surface area (Å²) in [6.07, 6.45) is -5.45. The molecule has 2 N–H and O–H groups in total. The molecule has 0 aromatic rings. The van der Waals surface area contributed by atoms with E-state index < -0.39 is 74.1 Å². The molecule has 148 valence electrons. The van der Waals surface area contributed by atoms with Gasteiger partial charge >= 0.3 is 130 Å². The Morgan fingerprint density at radius 3 is 0.967 bits per heavy atom. The minimum Gasteiger partial charge on any atom is -0.550 e. The van der Waals surface area contributed by atoms with Gasteiger partial charge in [0.15, 0.2) is 0 Å². The van der Waals surface area contributed by atoms with Gasteiger partial charge in [-0.05, 0) is 0 Å². The third kappa shape index (κ3) is 30.9. The zero-order valence-corrected chi connectivity index (χ0v) is 24.8. The van der Waals surface area contributed by atoms with Crippen LogP contribution in [0.25, 0.3) is 0 Å². The van der Waals surface area contributed by atoms with E-state index in [0.29, 0.717) is 0 Å². The summed E-state index contributed by atoms with van der Waals surface area (Å²) >= 11 is 0. The number of hydrogen-bond donors (Lipinski definition) is 2. The third-order valence-corrected chi connectivity index (χ3v) is 2.05. The van der Waals surface area contributed by atoms with Gasteiger partial charge in [0.05, 0.1) is 11.9 Å². The standard InChI is InChI=1S/2C6H8O7.4Na/c2*7-4(8)1-3(6(11)12)13-2-5(9)10;;;;/h2*3H,1-2H2,(H,7,8)(H,9,10)(H,11,12);;;;/q;;4*+1/p-4. The summed E-state index contributed by atoms with van der Waals surface area (Å²) in [5.41, 5.74) is 0. The number of carbonyl (C=O) groups excluding carboxylic acids is 4. The largest absolute Gasteiger partial charge is 1.00 e. The van der Waals surface area contributed by atoms with Crippen LogP contribution >= 0.6 is 0 Å².